The number of aryl methyl sites for hydroxylation is 1. The Bertz CT molecular complexity index is 1390. The number of carbonyl (C=O) groups excluding carboxylic acids is 1. The monoisotopic (exact) mass is 495 g/mol. The number of likely N-dealkylation sites (N-methyl/N-ethyl adjacent to an activating group) is 1. The zero-order valence-electron chi connectivity index (χ0n) is 18.7. The summed E-state index contributed by atoms with van der Waals surface area (Å²) < 4.78 is 1.71. The summed E-state index contributed by atoms with van der Waals surface area (Å²) >= 11 is 12.7. The number of fused-ring (bicyclic) bond motifs is 1. The molecule has 10 heteroatoms. The second-order valence-corrected chi connectivity index (χ2v) is 9.19. The number of carbonyl (C=O) groups is 1. The summed E-state index contributed by atoms with van der Waals surface area (Å²) in [7, 11) is 0. The molecule has 0 saturated carbocycles. The molecule has 0 aliphatic carbocycles. The number of hydrogen-bond donors (Lipinski definition) is 2. The number of rotatable bonds is 6. The van der Waals surface area contributed by atoms with E-state index >= 15 is 0 Å². The van der Waals surface area contributed by atoms with Crippen molar-refractivity contribution in [3.63, 3.8) is 0 Å². The summed E-state index contributed by atoms with van der Waals surface area (Å²) in [6.07, 6.45) is 0. The minimum atomic E-state index is -0.794. The van der Waals surface area contributed by atoms with Gasteiger partial charge >= 0.3 is 0 Å². The first-order valence-electron chi connectivity index (χ1n) is 10.9. The SMILES string of the molecule is CCNC1(C(N)=O)CN(c2nc(C)nc3c(-c4ccc(Cl)cc4)c(-c4ccccc4Cl)nn23)C1. The quantitative estimate of drug-likeness (QED) is 0.422. The lowest BCUT2D eigenvalue weighted by Gasteiger charge is -2.48. The maximum atomic E-state index is 12.1. The Hall–Kier alpha value is -3.20. The van der Waals surface area contributed by atoms with Crippen molar-refractivity contribution in [1.29, 1.82) is 0 Å². The predicted molar refractivity (Wildman–Crippen MR) is 134 cm³/mol. The van der Waals surface area contributed by atoms with Crippen molar-refractivity contribution in [2.75, 3.05) is 24.5 Å². The van der Waals surface area contributed by atoms with Gasteiger partial charge in [-0.05, 0) is 37.2 Å². The molecule has 0 spiro atoms. The third-order valence-corrected chi connectivity index (χ3v) is 6.61. The second-order valence-electron chi connectivity index (χ2n) is 8.35. The standard InChI is InChI=1S/C24H23Cl2N7O/c1-3-28-24(22(27)34)12-32(13-24)23-30-14(2)29-21-19(15-8-10-16(25)11-9-15)20(31-33(21)23)17-6-4-5-7-18(17)26/h4-11,28H,3,12-13H2,1-2H3,(H2,27,34). The summed E-state index contributed by atoms with van der Waals surface area (Å²) in [5.41, 5.74) is 8.74. The molecular weight excluding hydrogens is 473 g/mol. The highest BCUT2D eigenvalue weighted by molar-refractivity contribution is 6.33. The molecule has 1 aliphatic heterocycles. The number of primary amides is 1. The fraction of sp³-hybridized carbons (Fsp3) is 0.250. The molecule has 4 aromatic rings. The molecule has 2 aromatic carbocycles. The number of anilines is 1. The molecule has 0 unspecified atom stereocenters. The van der Waals surface area contributed by atoms with E-state index in [1.54, 1.807) is 4.52 Å². The summed E-state index contributed by atoms with van der Waals surface area (Å²) in [6, 6.07) is 15.1. The third-order valence-electron chi connectivity index (χ3n) is 6.03. The van der Waals surface area contributed by atoms with Gasteiger partial charge in [0.15, 0.2) is 5.65 Å². The minimum Gasteiger partial charge on any atom is -0.368 e. The summed E-state index contributed by atoms with van der Waals surface area (Å²) in [5, 5.41) is 9.36. The first kappa shape index (κ1) is 22.6. The molecule has 1 fully saturated rings. The molecule has 174 valence electrons. The van der Waals surface area contributed by atoms with Gasteiger partial charge < -0.3 is 16.0 Å². The number of amides is 1. The first-order valence-corrected chi connectivity index (χ1v) is 11.7. The highest BCUT2D eigenvalue weighted by Crippen LogP contribution is 2.39. The fourth-order valence-corrected chi connectivity index (χ4v) is 4.74. The van der Waals surface area contributed by atoms with Crippen LogP contribution in [0.5, 0.6) is 0 Å². The van der Waals surface area contributed by atoms with Gasteiger partial charge in [-0.2, -0.15) is 14.6 Å². The molecule has 0 bridgehead atoms. The molecule has 2 aromatic heterocycles. The lowest BCUT2D eigenvalue weighted by molar-refractivity contribution is -0.125. The topological polar surface area (TPSA) is 101 Å². The largest absolute Gasteiger partial charge is 0.368 e. The van der Waals surface area contributed by atoms with Crippen LogP contribution in [0.15, 0.2) is 48.5 Å². The number of aromatic nitrogens is 4. The molecule has 3 N–H and O–H groups in total. The lowest BCUT2D eigenvalue weighted by atomic mass is 9.89. The maximum absolute atomic E-state index is 12.1. The molecule has 1 amide bonds. The summed E-state index contributed by atoms with van der Waals surface area (Å²) in [5.74, 6) is 0.792. The van der Waals surface area contributed by atoms with Crippen molar-refractivity contribution in [3.8, 4) is 22.4 Å². The van der Waals surface area contributed by atoms with Crippen molar-refractivity contribution in [1.82, 2.24) is 24.9 Å². The number of halogens is 2. The highest BCUT2D eigenvalue weighted by Gasteiger charge is 2.49. The Labute approximate surface area is 206 Å². The smallest absolute Gasteiger partial charge is 0.241 e. The van der Waals surface area contributed by atoms with Crippen molar-refractivity contribution < 1.29 is 4.79 Å². The molecule has 1 aliphatic rings. The molecule has 0 atom stereocenters. The maximum Gasteiger partial charge on any atom is 0.241 e. The van der Waals surface area contributed by atoms with E-state index < -0.39 is 5.54 Å². The molecular formula is C24H23Cl2N7O. The van der Waals surface area contributed by atoms with E-state index in [2.05, 4.69) is 10.3 Å². The Kier molecular flexibility index (Phi) is 5.67. The van der Waals surface area contributed by atoms with Crippen LogP contribution in [0.4, 0.5) is 5.95 Å². The Balaban J connectivity index is 1.72. The van der Waals surface area contributed by atoms with E-state index in [4.69, 9.17) is 39.0 Å². The number of benzene rings is 2. The van der Waals surface area contributed by atoms with Crippen molar-refractivity contribution in [3.05, 3.63) is 64.4 Å². The molecule has 0 radical (unpaired) electrons. The predicted octanol–water partition coefficient (Wildman–Crippen LogP) is 3.73. The number of nitrogens with two attached hydrogens (primary N) is 1. The van der Waals surface area contributed by atoms with E-state index in [1.807, 2.05) is 67.3 Å². The van der Waals surface area contributed by atoms with Crippen LogP contribution in [-0.4, -0.2) is 50.7 Å². The van der Waals surface area contributed by atoms with Crippen LogP contribution >= 0.6 is 23.2 Å². The minimum absolute atomic E-state index is 0.383. The van der Waals surface area contributed by atoms with Gasteiger partial charge in [0.1, 0.15) is 17.1 Å². The Morgan fingerprint density at radius 2 is 1.82 bits per heavy atom. The second kappa shape index (κ2) is 8.54. The third kappa shape index (κ3) is 3.68. The van der Waals surface area contributed by atoms with Crippen LogP contribution in [0, 0.1) is 6.92 Å². The van der Waals surface area contributed by atoms with Gasteiger partial charge in [-0.15, -0.1) is 0 Å². The van der Waals surface area contributed by atoms with Crippen molar-refractivity contribution in [2.45, 2.75) is 19.4 Å². The lowest BCUT2D eigenvalue weighted by Crippen LogP contribution is -2.75. The van der Waals surface area contributed by atoms with Crippen LogP contribution in [0.25, 0.3) is 28.0 Å². The van der Waals surface area contributed by atoms with E-state index in [1.165, 1.54) is 0 Å². The van der Waals surface area contributed by atoms with Crippen LogP contribution < -0.4 is 16.0 Å². The summed E-state index contributed by atoms with van der Waals surface area (Å²) in [6.45, 7) is 5.19. The van der Waals surface area contributed by atoms with Gasteiger partial charge in [0.05, 0.1) is 10.6 Å². The number of nitrogens with one attached hydrogen (secondary N) is 1. The van der Waals surface area contributed by atoms with Gasteiger partial charge in [-0.1, -0.05) is 60.5 Å². The van der Waals surface area contributed by atoms with Gasteiger partial charge in [-0.3, -0.25) is 4.79 Å². The van der Waals surface area contributed by atoms with Crippen molar-refractivity contribution >= 4 is 40.7 Å². The number of hydrogen-bond acceptors (Lipinski definition) is 6. The Morgan fingerprint density at radius 1 is 1.12 bits per heavy atom. The molecule has 8 nitrogen and oxygen atoms in total. The Morgan fingerprint density at radius 3 is 2.47 bits per heavy atom. The molecule has 5 rings (SSSR count). The first-order chi connectivity index (χ1) is 16.3. The van der Waals surface area contributed by atoms with E-state index in [0.29, 0.717) is 52.8 Å². The normalized spacial score (nSPS) is 14.9. The summed E-state index contributed by atoms with van der Waals surface area (Å²) in [4.78, 5) is 23.5. The van der Waals surface area contributed by atoms with E-state index in [0.717, 1.165) is 16.7 Å². The van der Waals surface area contributed by atoms with E-state index in [9.17, 15) is 4.79 Å². The van der Waals surface area contributed by atoms with Gasteiger partial charge in [0.2, 0.25) is 11.9 Å². The fourth-order valence-electron chi connectivity index (χ4n) is 4.39. The highest BCUT2D eigenvalue weighted by atomic mass is 35.5. The van der Waals surface area contributed by atoms with Crippen LogP contribution in [-0.2, 0) is 4.79 Å². The van der Waals surface area contributed by atoms with Crippen LogP contribution in [0.3, 0.4) is 0 Å². The van der Waals surface area contributed by atoms with Gasteiger partial charge in [-0.25, -0.2) is 4.98 Å². The average Bonchev–Trinajstić information content (AvgIpc) is 3.15. The van der Waals surface area contributed by atoms with Crippen molar-refractivity contribution in [2.24, 2.45) is 5.73 Å². The zero-order valence-corrected chi connectivity index (χ0v) is 20.2. The molecule has 34 heavy (non-hydrogen) atoms. The van der Waals surface area contributed by atoms with Gasteiger partial charge in [0, 0.05) is 23.7 Å². The molecule has 1 saturated heterocycles. The van der Waals surface area contributed by atoms with E-state index in [-0.39, 0.29) is 5.91 Å². The van der Waals surface area contributed by atoms with Gasteiger partial charge in [0.25, 0.3) is 0 Å². The average molecular weight is 496 g/mol. The zero-order chi connectivity index (χ0) is 24.0. The number of nitrogens with zero attached hydrogens (tertiary/aromatic N) is 5. The molecule has 3 heterocycles. The van der Waals surface area contributed by atoms with Crippen LogP contribution in [0.1, 0.15) is 12.7 Å². The van der Waals surface area contributed by atoms with Crippen LogP contribution in [0.2, 0.25) is 10.0 Å².